The molecule has 0 radical (unpaired) electrons. The highest BCUT2D eigenvalue weighted by Gasteiger charge is 2.13. The van der Waals surface area contributed by atoms with E-state index in [0.717, 1.165) is 27.9 Å². The number of hydrogen-bond donors (Lipinski definition) is 2. The van der Waals surface area contributed by atoms with E-state index < -0.39 is 5.97 Å². The Bertz CT molecular complexity index is 1100. The molecule has 0 saturated heterocycles. The number of halogens is 1. The Morgan fingerprint density at radius 1 is 1.24 bits per heavy atom. The van der Waals surface area contributed by atoms with Gasteiger partial charge in [-0.25, -0.2) is 0 Å². The van der Waals surface area contributed by atoms with Crippen LogP contribution in [-0.4, -0.2) is 16.1 Å². The number of nitrogens with one attached hydrogen (secondary N) is 1. The highest BCUT2D eigenvalue weighted by Crippen LogP contribution is 2.32. The average molecular weight is 410 g/mol. The summed E-state index contributed by atoms with van der Waals surface area (Å²) in [6, 6.07) is 12.3. The normalized spacial score (nSPS) is 13.7. The topological polar surface area (TPSA) is 62.3 Å². The highest BCUT2D eigenvalue weighted by molar-refractivity contribution is 6.36. The lowest BCUT2D eigenvalue weighted by atomic mass is 9.98. The number of H-pyrrole nitrogens is 1. The van der Waals surface area contributed by atoms with Gasteiger partial charge in [0, 0.05) is 16.6 Å². The Balaban J connectivity index is 1.47. The Kier molecular flexibility index (Phi) is 5.63. The lowest BCUT2D eigenvalue weighted by molar-refractivity contribution is -0.136. The zero-order valence-electron chi connectivity index (χ0n) is 16.4. The van der Waals surface area contributed by atoms with E-state index in [2.05, 4.69) is 36.2 Å². The fourth-order valence-corrected chi connectivity index (χ4v) is 4.24. The SMILES string of the molecule is Cc1cc(COc2ccc3[nH]c(CCC(=O)O)c(Cl)c3c2)ccc1C1=CCCC1. The first-order chi connectivity index (χ1) is 14.0. The van der Waals surface area contributed by atoms with Gasteiger partial charge >= 0.3 is 5.97 Å². The first kappa shape index (κ1) is 19.6. The standard InChI is InChI=1S/C24H24ClNO3/c1-15-12-16(6-8-19(15)17-4-2-3-5-17)14-29-18-7-9-21-20(13-18)24(25)22(26-21)10-11-23(27)28/h4,6-9,12-13,26H,2-3,5,10-11,14H2,1H3,(H,27,28). The van der Waals surface area contributed by atoms with Crippen LogP contribution in [-0.2, 0) is 17.8 Å². The van der Waals surface area contributed by atoms with Gasteiger partial charge < -0.3 is 14.8 Å². The first-order valence-corrected chi connectivity index (χ1v) is 10.3. The van der Waals surface area contributed by atoms with Crippen LogP contribution in [0.2, 0.25) is 5.02 Å². The van der Waals surface area contributed by atoms with Gasteiger partial charge in [0.15, 0.2) is 0 Å². The number of hydrogen-bond acceptors (Lipinski definition) is 2. The third-order valence-electron chi connectivity index (χ3n) is 5.45. The van der Waals surface area contributed by atoms with E-state index in [0.29, 0.717) is 18.1 Å². The number of rotatable bonds is 7. The van der Waals surface area contributed by atoms with Gasteiger partial charge in [-0.3, -0.25) is 4.79 Å². The first-order valence-electron chi connectivity index (χ1n) is 9.95. The van der Waals surface area contributed by atoms with Crippen LogP contribution in [0.3, 0.4) is 0 Å². The molecular formula is C24H24ClNO3. The van der Waals surface area contributed by atoms with Crippen LogP contribution in [0.15, 0.2) is 42.5 Å². The quantitative estimate of drug-likeness (QED) is 0.481. The lowest BCUT2D eigenvalue weighted by Gasteiger charge is -2.11. The minimum Gasteiger partial charge on any atom is -0.489 e. The van der Waals surface area contributed by atoms with Crippen molar-refractivity contribution in [2.75, 3.05) is 0 Å². The van der Waals surface area contributed by atoms with Gasteiger partial charge in [-0.05, 0) is 73.1 Å². The van der Waals surface area contributed by atoms with Crippen molar-refractivity contribution in [3.05, 3.63) is 69.9 Å². The van der Waals surface area contributed by atoms with Gasteiger partial charge in [0.2, 0.25) is 0 Å². The molecule has 4 rings (SSSR count). The van der Waals surface area contributed by atoms with Crippen molar-refractivity contribution in [1.29, 1.82) is 0 Å². The molecule has 4 nitrogen and oxygen atoms in total. The van der Waals surface area contributed by atoms with Gasteiger partial charge in [0.25, 0.3) is 0 Å². The summed E-state index contributed by atoms with van der Waals surface area (Å²) in [6.07, 6.45) is 6.37. The van der Waals surface area contributed by atoms with Crippen molar-refractivity contribution >= 4 is 34.0 Å². The summed E-state index contributed by atoms with van der Waals surface area (Å²) in [5.74, 6) is -0.0994. The number of carboxylic acids is 1. The maximum absolute atomic E-state index is 10.8. The van der Waals surface area contributed by atoms with E-state index in [9.17, 15) is 4.79 Å². The summed E-state index contributed by atoms with van der Waals surface area (Å²) in [7, 11) is 0. The monoisotopic (exact) mass is 409 g/mol. The van der Waals surface area contributed by atoms with E-state index in [1.165, 1.54) is 36.0 Å². The Hall–Kier alpha value is -2.72. The molecule has 0 spiro atoms. The Labute approximate surface area is 175 Å². The van der Waals surface area contributed by atoms with Crippen molar-refractivity contribution in [3.63, 3.8) is 0 Å². The minimum absolute atomic E-state index is 0.0438. The van der Waals surface area contributed by atoms with Gasteiger partial charge in [0.1, 0.15) is 12.4 Å². The number of fused-ring (bicyclic) bond motifs is 1. The fraction of sp³-hybridized carbons (Fsp3) is 0.292. The molecule has 5 heteroatoms. The second-order valence-electron chi connectivity index (χ2n) is 7.58. The summed E-state index contributed by atoms with van der Waals surface area (Å²) < 4.78 is 6.00. The number of carboxylic acid groups (broad SMARTS) is 1. The molecule has 0 fully saturated rings. The maximum atomic E-state index is 10.8. The van der Waals surface area contributed by atoms with E-state index >= 15 is 0 Å². The number of aromatic nitrogens is 1. The molecule has 150 valence electrons. The zero-order chi connectivity index (χ0) is 20.4. The summed E-state index contributed by atoms with van der Waals surface area (Å²) in [6.45, 7) is 2.64. The van der Waals surface area contributed by atoms with Crippen molar-refractivity contribution in [3.8, 4) is 5.75 Å². The van der Waals surface area contributed by atoms with Crippen molar-refractivity contribution in [1.82, 2.24) is 4.98 Å². The van der Waals surface area contributed by atoms with E-state index in [4.69, 9.17) is 21.4 Å². The molecule has 29 heavy (non-hydrogen) atoms. The molecule has 0 aliphatic heterocycles. The van der Waals surface area contributed by atoms with Crippen molar-refractivity contribution in [2.24, 2.45) is 0 Å². The Morgan fingerprint density at radius 2 is 2.10 bits per heavy atom. The maximum Gasteiger partial charge on any atom is 0.303 e. The van der Waals surface area contributed by atoms with Crippen LogP contribution in [0.4, 0.5) is 0 Å². The third-order valence-corrected chi connectivity index (χ3v) is 5.88. The fourth-order valence-electron chi connectivity index (χ4n) is 3.95. The van der Waals surface area contributed by atoms with Crippen LogP contribution in [0.25, 0.3) is 16.5 Å². The third kappa shape index (κ3) is 4.33. The molecule has 0 amide bonds. The molecule has 1 aromatic heterocycles. The number of aliphatic carboxylic acids is 1. The molecule has 1 heterocycles. The molecule has 0 atom stereocenters. The molecular weight excluding hydrogens is 386 g/mol. The molecule has 2 aromatic carbocycles. The zero-order valence-corrected chi connectivity index (χ0v) is 17.2. The van der Waals surface area contributed by atoms with Crippen LogP contribution >= 0.6 is 11.6 Å². The number of ether oxygens (including phenoxy) is 1. The second kappa shape index (κ2) is 8.34. The summed E-state index contributed by atoms with van der Waals surface area (Å²) >= 11 is 6.45. The largest absolute Gasteiger partial charge is 0.489 e. The Morgan fingerprint density at radius 3 is 2.83 bits per heavy atom. The minimum atomic E-state index is -0.839. The predicted molar refractivity (Wildman–Crippen MR) is 117 cm³/mol. The van der Waals surface area contributed by atoms with Crippen LogP contribution in [0, 0.1) is 6.92 Å². The molecule has 3 aromatic rings. The van der Waals surface area contributed by atoms with Gasteiger partial charge in [0.05, 0.1) is 11.4 Å². The molecule has 0 saturated carbocycles. The number of carbonyl (C=O) groups is 1. The number of aromatic amines is 1. The van der Waals surface area contributed by atoms with Gasteiger partial charge in [-0.1, -0.05) is 35.9 Å². The number of allylic oxidation sites excluding steroid dienone is 2. The highest BCUT2D eigenvalue weighted by atomic mass is 35.5. The molecule has 1 aliphatic rings. The van der Waals surface area contributed by atoms with Crippen LogP contribution in [0.1, 0.15) is 48.1 Å². The molecule has 0 unspecified atom stereocenters. The van der Waals surface area contributed by atoms with Gasteiger partial charge in [-0.15, -0.1) is 0 Å². The van der Waals surface area contributed by atoms with Crippen LogP contribution in [0.5, 0.6) is 5.75 Å². The number of benzene rings is 2. The lowest BCUT2D eigenvalue weighted by Crippen LogP contribution is -1.97. The van der Waals surface area contributed by atoms with E-state index in [1.54, 1.807) is 0 Å². The van der Waals surface area contributed by atoms with Crippen molar-refractivity contribution < 1.29 is 14.6 Å². The molecule has 0 bridgehead atoms. The van der Waals surface area contributed by atoms with E-state index in [1.807, 2.05) is 18.2 Å². The summed E-state index contributed by atoms with van der Waals surface area (Å²) in [5.41, 5.74) is 6.85. The van der Waals surface area contributed by atoms with E-state index in [-0.39, 0.29) is 6.42 Å². The van der Waals surface area contributed by atoms with Crippen molar-refractivity contribution in [2.45, 2.75) is 45.6 Å². The number of aryl methyl sites for hydroxylation is 2. The smallest absolute Gasteiger partial charge is 0.303 e. The van der Waals surface area contributed by atoms with Gasteiger partial charge in [-0.2, -0.15) is 0 Å². The average Bonchev–Trinajstić information content (AvgIpc) is 3.33. The van der Waals surface area contributed by atoms with Crippen LogP contribution < -0.4 is 4.74 Å². The second-order valence-corrected chi connectivity index (χ2v) is 7.96. The summed E-state index contributed by atoms with van der Waals surface area (Å²) in [5, 5.41) is 10.3. The summed E-state index contributed by atoms with van der Waals surface area (Å²) in [4.78, 5) is 14.0. The molecule has 1 aliphatic carbocycles. The molecule has 2 N–H and O–H groups in total. The predicted octanol–water partition coefficient (Wildman–Crippen LogP) is 6.29.